The Bertz CT molecular complexity index is 1140. The van der Waals surface area contributed by atoms with E-state index in [0.717, 1.165) is 12.8 Å². The number of nitriles is 1. The lowest BCUT2D eigenvalue weighted by atomic mass is 10.0. The zero-order valence-corrected chi connectivity index (χ0v) is 18.8. The smallest absolute Gasteiger partial charge is 0.272 e. The molecule has 2 aromatic rings. The van der Waals surface area contributed by atoms with Crippen molar-refractivity contribution in [3.8, 4) is 6.07 Å². The number of benzene rings is 1. The van der Waals surface area contributed by atoms with Gasteiger partial charge < -0.3 is 16.0 Å². The van der Waals surface area contributed by atoms with Gasteiger partial charge in [-0.3, -0.25) is 15.0 Å². The van der Waals surface area contributed by atoms with Crippen LogP contribution in [0.1, 0.15) is 34.3 Å². The predicted molar refractivity (Wildman–Crippen MR) is 123 cm³/mol. The number of carbonyl (C=O) groups is 2. The van der Waals surface area contributed by atoms with Crippen molar-refractivity contribution in [1.82, 2.24) is 10.3 Å². The number of allylic oxidation sites excluding steroid dienone is 1. The maximum absolute atomic E-state index is 13.1. The van der Waals surface area contributed by atoms with Crippen LogP contribution >= 0.6 is 27.5 Å². The van der Waals surface area contributed by atoms with Gasteiger partial charge in [-0.25, -0.2) is 4.98 Å². The van der Waals surface area contributed by atoms with Gasteiger partial charge in [-0.05, 0) is 71.6 Å². The van der Waals surface area contributed by atoms with Gasteiger partial charge in [-0.2, -0.15) is 5.26 Å². The molecule has 0 aliphatic heterocycles. The summed E-state index contributed by atoms with van der Waals surface area (Å²) in [4.78, 5) is 29.9. The van der Waals surface area contributed by atoms with Gasteiger partial charge in [0, 0.05) is 12.2 Å². The summed E-state index contributed by atoms with van der Waals surface area (Å²) in [5.74, 6) is -0.737. The van der Waals surface area contributed by atoms with Crippen LogP contribution in [0, 0.1) is 23.7 Å². The van der Waals surface area contributed by atoms with E-state index >= 15 is 0 Å². The maximum Gasteiger partial charge on any atom is 0.272 e. The van der Waals surface area contributed by atoms with Gasteiger partial charge in [-0.15, -0.1) is 0 Å². The summed E-state index contributed by atoms with van der Waals surface area (Å²) in [5.41, 5.74) is 1.33. The van der Waals surface area contributed by atoms with Gasteiger partial charge in [0.15, 0.2) is 0 Å². The minimum atomic E-state index is -0.612. The van der Waals surface area contributed by atoms with Crippen molar-refractivity contribution < 1.29 is 9.59 Å². The summed E-state index contributed by atoms with van der Waals surface area (Å²) in [6.45, 7) is 1.70. The van der Waals surface area contributed by atoms with E-state index in [1.165, 1.54) is 18.3 Å². The van der Waals surface area contributed by atoms with Crippen molar-refractivity contribution in [2.45, 2.75) is 25.8 Å². The van der Waals surface area contributed by atoms with E-state index in [-0.39, 0.29) is 39.3 Å². The number of amides is 2. The third-order valence-electron chi connectivity index (χ3n) is 4.39. The summed E-state index contributed by atoms with van der Waals surface area (Å²) in [7, 11) is 0. The number of hydrogen-bond acceptors (Lipinski definition) is 6. The summed E-state index contributed by atoms with van der Waals surface area (Å²) in [6, 6.07) is 8.42. The number of halogens is 2. The SMILES string of the molecule is Cc1cc(C#N)cc(C(=O)NC2CC2)c1NC(=O)C(=CC(=N)Br)Nc1ncccc1Cl. The molecule has 1 aromatic carbocycles. The maximum atomic E-state index is 13.1. The van der Waals surface area contributed by atoms with Crippen LogP contribution in [0.25, 0.3) is 0 Å². The minimum Gasteiger partial charge on any atom is -0.349 e. The highest BCUT2D eigenvalue weighted by Gasteiger charge is 2.26. The fourth-order valence-corrected chi connectivity index (χ4v) is 3.16. The first kappa shape index (κ1) is 22.5. The van der Waals surface area contributed by atoms with E-state index in [9.17, 15) is 14.9 Å². The Balaban J connectivity index is 1.94. The molecule has 2 amide bonds. The highest BCUT2D eigenvalue weighted by Crippen LogP contribution is 2.27. The lowest BCUT2D eigenvalue weighted by Gasteiger charge is -2.17. The third kappa shape index (κ3) is 5.90. The van der Waals surface area contributed by atoms with Crippen LogP contribution in [0.2, 0.25) is 5.02 Å². The summed E-state index contributed by atoms with van der Waals surface area (Å²) in [6.07, 6.45) is 4.57. The van der Waals surface area contributed by atoms with Crippen molar-refractivity contribution >= 4 is 55.5 Å². The van der Waals surface area contributed by atoms with Crippen molar-refractivity contribution in [3.05, 3.63) is 63.9 Å². The molecule has 1 saturated carbocycles. The minimum absolute atomic E-state index is 0.0141. The molecule has 10 heteroatoms. The number of aryl methyl sites for hydroxylation is 1. The average Bonchev–Trinajstić information content (AvgIpc) is 3.53. The van der Waals surface area contributed by atoms with E-state index in [2.05, 4.69) is 36.9 Å². The number of aromatic nitrogens is 1. The molecule has 0 spiro atoms. The molecule has 31 heavy (non-hydrogen) atoms. The normalized spacial score (nSPS) is 13.2. The summed E-state index contributed by atoms with van der Waals surface area (Å²) >= 11 is 9.12. The van der Waals surface area contributed by atoms with Gasteiger partial charge in [0.2, 0.25) is 0 Å². The number of rotatable bonds is 7. The van der Waals surface area contributed by atoms with E-state index in [0.29, 0.717) is 16.1 Å². The van der Waals surface area contributed by atoms with E-state index in [1.807, 2.05) is 6.07 Å². The second kappa shape index (κ2) is 9.73. The zero-order chi connectivity index (χ0) is 22.5. The average molecular weight is 502 g/mol. The molecule has 8 nitrogen and oxygen atoms in total. The van der Waals surface area contributed by atoms with E-state index < -0.39 is 5.91 Å². The third-order valence-corrected chi connectivity index (χ3v) is 4.92. The zero-order valence-electron chi connectivity index (χ0n) is 16.4. The molecular weight excluding hydrogens is 484 g/mol. The van der Waals surface area contributed by atoms with Crippen LogP contribution in [0.15, 0.2) is 42.2 Å². The molecule has 3 rings (SSSR count). The van der Waals surface area contributed by atoms with Gasteiger partial charge in [-0.1, -0.05) is 11.6 Å². The molecule has 0 radical (unpaired) electrons. The van der Waals surface area contributed by atoms with E-state index in [4.69, 9.17) is 17.0 Å². The molecule has 1 fully saturated rings. The first-order chi connectivity index (χ1) is 14.8. The molecule has 158 valence electrons. The Kier molecular flexibility index (Phi) is 7.05. The molecule has 0 bridgehead atoms. The largest absolute Gasteiger partial charge is 0.349 e. The Morgan fingerprint density at radius 1 is 1.35 bits per heavy atom. The molecule has 4 N–H and O–H groups in total. The fourth-order valence-electron chi connectivity index (χ4n) is 2.76. The van der Waals surface area contributed by atoms with Gasteiger partial charge in [0.05, 0.1) is 32.5 Å². The highest BCUT2D eigenvalue weighted by molar-refractivity contribution is 9.18. The van der Waals surface area contributed by atoms with Crippen molar-refractivity contribution in [3.63, 3.8) is 0 Å². The molecule has 1 heterocycles. The Morgan fingerprint density at radius 2 is 2.10 bits per heavy atom. The van der Waals surface area contributed by atoms with Gasteiger partial charge in [0.25, 0.3) is 11.8 Å². The van der Waals surface area contributed by atoms with Crippen LogP contribution in [0.3, 0.4) is 0 Å². The number of carbonyl (C=O) groups excluding carboxylic acids is 2. The molecule has 1 aliphatic rings. The second-order valence-electron chi connectivity index (χ2n) is 6.89. The predicted octanol–water partition coefficient (Wildman–Crippen LogP) is 4.11. The number of hydrogen-bond donors (Lipinski definition) is 4. The molecular formula is C21H18BrClN6O2. The monoisotopic (exact) mass is 500 g/mol. The van der Waals surface area contributed by atoms with Crippen molar-refractivity contribution in [2.24, 2.45) is 0 Å². The second-order valence-corrected chi connectivity index (χ2v) is 8.16. The number of nitrogens with zero attached hydrogens (tertiary/aromatic N) is 2. The molecule has 0 atom stereocenters. The van der Waals surface area contributed by atoms with Gasteiger partial charge >= 0.3 is 0 Å². The van der Waals surface area contributed by atoms with Crippen molar-refractivity contribution in [1.29, 1.82) is 10.7 Å². The Morgan fingerprint density at radius 3 is 2.71 bits per heavy atom. The first-order valence-corrected chi connectivity index (χ1v) is 10.5. The Labute approximate surface area is 192 Å². The fraction of sp³-hybridized carbons (Fsp3) is 0.190. The molecule has 1 aromatic heterocycles. The van der Waals surface area contributed by atoms with E-state index in [1.54, 1.807) is 25.1 Å². The number of pyridine rings is 1. The standard InChI is InChI=1S/C21H18BrClN6O2/c1-11-7-12(10-24)8-14(20(30)27-13-4-5-13)18(11)29-21(31)16(9-17(22)25)28-19-15(23)3-2-6-26-19/h2-3,6-9,13,25H,4-5H2,1H3,(H,26,28)(H,27,30)(H,29,31). The van der Waals surface area contributed by atoms with Crippen molar-refractivity contribution in [2.75, 3.05) is 10.6 Å². The lowest BCUT2D eigenvalue weighted by Crippen LogP contribution is -2.28. The van der Waals surface area contributed by atoms with Gasteiger partial charge in [0.1, 0.15) is 11.5 Å². The Hall–Kier alpha value is -3.22. The first-order valence-electron chi connectivity index (χ1n) is 9.28. The van der Waals surface area contributed by atoms with Crippen LogP contribution in [-0.2, 0) is 4.79 Å². The molecule has 0 unspecified atom stereocenters. The molecule has 0 saturated heterocycles. The van der Waals surface area contributed by atoms with Crippen LogP contribution in [0.4, 0.5) is 11.5 Å². The quantitative estimate of drug-likeness (QED) is 0.335. The summed E-state index contributed by atoms with van der Waals surface area (Å²) in [5, 5.41) is 25.7. The number of nitrogens with one attached hydrogen (secondary N) is 4. The van der Waals surface area contributed by atoms with Crippen LogP contribution in [0.5, 0.6) is 0 Å². The summed E-state index contributed by atoms with van der Waals surface area (Å²) < 4.78 is -0.0551. The molecule has 1 aliphatic carbocycles. The lowest BCUT2D eigenvalue weighted by molar-refractivity contribution is -0.112. The highest BCUT2D eigenvalue weighted by atomic mass is 79.9. The van der Waals surface area contributed by atoms with Crippen LogP contribution < -0.4 is 16.0 Å². The number of anilines is 2. The van der Waals surface area contributed by atoms with Crippen LogP contribution in [-0.4, -0.2) is 27.5 Å². The topological polar surface area (TPSA) is 131 Å².